The van der Waals surface area contributed by atoms with Gasteiger partial charge in [0.05, 0.1) is 5.56 Å². The Morgan fingerprint density at radius 3 is 2.78 bits per heavy atom. The SMILES string of the molecule is Cn1nc(Br)c2c(=O)n(CC(=O)NCc3cccc(C(F)(F)F)c3)cnc21. The lowest BCUT2D eigenvalue weighted by molar-refractivity contribution is -0.137. The largest absolute Gasteiger partial charge is 0.416 e. The summed E-state index contributed by atoms with van der Waals surface area (Å²) in [7, 11) is 1.63. The van der Waals surface area contributed by atoms with Crippen molar-refractivity contribution in [1.82, 2.24) is 24.6 Å². The smallest absolute Gasteiger partial charge is 0.350 e. The fourth-order valence-corrected chi connectivity index (χ4v) is 3.10. The second-order valence-electron chi connectivity index (χ2n) is 5.77. The molecular weight excluding hydrogens is 431 g/mol. The number of aryl methyl sites for hydroxylation is 1. The van der Waals surface area contributed by atoms with Gasteiger partial charge in [-0.3, -0.25) is 14.2 Å². The number of hydrogen-bond donors (Lipinski definition) is 1. The van der Waals surface area contributed by atoms with Crippen molar-refractivity contribution in [2.75, 3.05) is 0 Å². The minimum Gasteiger partial charge on any atom is -0.350 e. The number of benzene rings is 1. The van der Waals surface area contributed by atoms with Crippen LogP contribution in [-0.2, 0) is 31.1 Å². The Kier molecular flexibility index (Phi) is 5.05. The molecule has 2 heterocycles. The molecule has 11 heteroatoms. The topological polar surface area (TPSA) is 81.8 Å². The van der Waals surface area contributed by atoms with E-state index in [2.05, 4.69) is 31.3 Å². The summed E-state index contributed by atoms with van der Waals surface area (Å²) in [5.74, 6) is -0.532. The van der Waals surface area contributed by atoms with Crippen LogP contribution in [0.15, 0.2) is 40.0 Å². The van der Waals surface area contributed by atoms with Crippen LogP contribution < -0.4 is 10.9 Å². The van der Waals surface area contributed by atoms with E-state index < -0.39 is 23.2 Å². The summed E-state index contributed by atoms with van der Waals surface area (Å²) in [6.45, 7) is -0.411. The van der Waals surface area contributed by atoms with Gasteiger partial charge in [0.1, 0.15) is 22.9 Å². The number of alkyl halides is 3. The molecule has 3 rings (SSSR count). The predicted octanol–water partition coefficient (Wildman–Crippen LogP) is 2.23. The maximum atomic E-state index is 12.7. The van der Waals surface area contributed by atoms with E-state index in [1.165, 1.54) is 23.1 Å². The van der Waals surface area contributed by atoms with Gasteiger partial charge in [0.25, 0.3) is 5.56 Å². The third-order valence-electron chi connectivity index (χ3n) is 3.83. The third kappa shape index (κ3) is 4.02. The number of hydrogen-bond acceptors (Lipinski definition) is 4. The molecular formula is C16H13BrF3N5O2. The van der Waals surface area contributed by atoms with Crippen molar-refractivity contribution in [3.05, 3.63) is 56.7 Å². The summed E-state index contributed by atoms with van der Waals surface area (Å²) in [5.41, 5.74) is -0.572. The van der Waals surface area contributed by atoms with Crippen molar-refractivity contribution in [2.45, 2.75) is 19.3 Å². The van der Waals surface area contributed by atoms with Crippen LogP contribution in [0.3, 0.4) is 0 Å². The molecule has 0 aliphatic heterocycles. The van der Waals surface area contributed by atoms with Crippen LogP contribution in [0.4, 0.5) is 13.2 Å². The normalized spacial score (nSPS) is 11.7. The molecule has 0 bridgehead atoms. The third-order valence-corrected chi connectivity index (χ3v) is 4.38. The molecule has 1 aromatic carbocycles. The first-order valence-electron chi connectivity index (χ1n) is 7.67. The first kappa shape index (κ1) is 19.1. The maximum Gasteiger partial charge on any atom is 0.416 e. The molecule has 0 radical (unpaired) electrons. The number of carbonyl (C=O) groups excluding carboxylic acids is 1. The monoisotopic (exact) mass is 443 g/mol. The second-order valence-corrected chi connectivity index (χ2v) is 6.52. The highest BCUT2D eigenvalue weighted by molar-refractivity contribution is 9.10. The van der Waals surface area contributed by atoms with E-state index >= 15 is 0 Å². The number of rotatable bonds is 4. The second kappa shape index (κ2) is 7.14. The summed E-state index contributed by atoms with van der Waals surface area (Å²) in [5, 5.41) is 6.78. The van der Waals surface area contributed by atoms with Crippen LogP contribution in [0.5, 0.6) is 0 Å². The Morgan fingerprint density at radius 2 is 2.07 bits per heavy atom. The van der Waals surface area contributed by atoms with E-state index in [1.54, 1.807) is 7.05 Å². The zero-order chi connectivity index (χ0) is 19.8. The molecule has 0 fully saturated rings. The van der Waals surface area contributed by atoms with Gasteiger partial charge in [-0.05, 0) is 33.6 Å². The molecule has 0 aliphatic rings. The van der Waals surface area contributed by atoms with Crippen LogP contribution in [0, 0.1) is 0 Å². The lowest BCUT2D eigenvalue weighted by Gasteiger charge is -2.10. The number of amides is 1. The minimum absolute atomic E-state index is 0.0935. The molecule has 1 N–H and O–H groups in total. The predicted molar refractivity (Wildman–Crippen MR) is 93.8 cm³/mol. The van der Waals surface area contributed by atoms with Gasteiger partial charge in [0, 0.05) is 13.6 Å². The molecule has 0 spiro atoms. The highest BCUT2D eigenvalue weighted by Crippen LogP contribution is 2.29. The average molecular weight is 444 g/mol. The molecule has 0 saturated heterocycles. The number of carbonyl (C=O) groups is 1. The highest BCUT2D eigenvalue weighted by Gasteiger charge is 2.30. The number of nitrogens with one attached hydrogen (secondary N) is 1. The van der Waals surface area contributed by atoms with E-state index in [9.17, 15) is 22.8 Å². The highest BCUT2D eigenvalue weighted by atomic mass is 79.9. The Hall–Kier alpha value is -2.69. The van der Waals surface area contributed by atoms with Crippen LogP contribution in [-0.4, -0.2) is 25.2 Å². The number of halogens is 4. The van der Waals surface area contributed by atoms with Gasteiger partial charge in [-0.1, -0.05) is 12.1 Å². The van der Waals surface area contributed by atoms with Crippen molar-refractivity contribution in [3.8, 4) is 0 Å². The van der Waals surface area contributed by atoms with Gasteiger partial charge in [0.15, 0.2) is 5.65 Å². The first-order chi connectivity index (χ1) is 12.7. The summed E-state index contributed by atoms with van der Waals surface area (Å²) in [6.07, 6.45) is -3.23. The molecule has 142 valence electrons. The summed E-state index contributed by atoms with van der Waals surface area (Å²) in [6, 6.07) is 4.67. The fourth-order valence-electron chi connectivity index (χ4n) is 2.52. The minimum atomic E-state index is -4.45. The summed E-state index contributed by atoms with van der Waals surface area (Å²) < 4.78 is 41.0. The average Bonchev–Trinajstić information content (AvgIpc) is 2.89. The van der Waals surface area contributed by atoms with E-state index in [-0.39, 0.29) is 18.5 Å². The molecule has 2 aromatic heterocycles. The van der Waals surface area contributed by atoms with Crippen molar-refractivity contribution in [2.24, 2.45) is 7.05 Å². The van der Waals surface area contributed by atoms with Crippen LogP contribution in [0.25, 0.3) is 11.0 Å². The van der Waals surface area contributed by atoms with Gasteiger partial charge >= 0.3 is 6.18 Å². The number of nitrogens with zero attached hydrogens (tertiary/aromatic N) is 4. The zero-order valence-corrected chi connectivity index (χ0v) is 15.5. The molecule has 0 unspecified atom stereocenters. The molecule has 1 amide bonds. The molecule has 0 aliphatic carbocycles. The summed E-state index contributed by atoms with van der Waals surface area (Å²) in [4.78, 5) is 28.7. The first-order valence-corrected chi connectivity index (χ1v) is 8.46. The van der Waals surface area contributed by atoms with Gasteiger partial charge < -0.3 is 5.32 Å². The van der Waals surface area contributed by atoms with E-state index in [0.717, 1.165) is 16.7 Å². The number of fused-ring (bicyclic) bond motifs is 1. The van der Waals surface area contributed by atoms with Gasteiger partial charge in [-0.2, -0.15) is 18.3 Å². The van der Waals surface area contributed by atoms with Crippen LogP contribution in [0.2, 0.25) is 0 Å². The van der Waals surface area contributed by atoms with Crippen molar-refractivity contribution in [3.63, 3.8) is 0 Å². The Balaban J connectivity index is 1.72. The Labute approximate surface area is 158 Å². The van der Waals surface area contributed by atoms with E-state index in [4.69, 9.17) is 0 Å². The zero-order valence-electron chi connectivity index (χ0n) is 13.9. The quantitative estimate of drug-likeness (QED) is 0.670. The summed E-state index contributed by atoms with van der Waals surface area (Å²) >= 11 is 3.18. The Bertz CT molecular complexity index is 1070. The van der Waals surface area contributed by atoms with Crippen LogP contribution in [0.1, 0.15) is 11.1 Å². The van der Waals surface area contributed by atoms with E-state index in [1.807, 2.05) is 0 Å². The van der Waals surface area contributed by atoms with E-state index in [0.29, 0.717) is 15.8 Å². The van der Waals surface area contributed by atoms with Gasteiger partial charge in [-0.15, -0.1) is 0 Å². The molecule has 0 saturated carbocycles. The van der Waals surface area contributed by atoms with Gasteiger partial charge in [-0.25, -0.2) is 9.67 Å². The van der Waals surface area contributed by atoms with Crippen LogP contribution >= 0.6 is 15.9 Å². The number of aromatic nitrogens is 4. The van der Waals surface area contributed by atoms with Crippen molar-refractivity contribution < 1.29 is 18.0 Å². The molecule has 7 nitrogen and oxygen atoms in total. The molecule has 27 heavy (non-hydrogen) atoms. The Morgan fingerprint density at radius 1 is 1.33 bits per heavy atom. The standard InChI is InChI=1S/C16H13BrF3N5O2/c1-24-14-12(13(17)23-24)15(27)25(8-22-14)7-11(26)21-6-9-3-2-4-10(5-9)16(18,19)20/h2-5,8H,6-7H2,1H3,(H,21,26). The maximum absolute atomic E-state index is 12.7. The van der Waals surface area contributed by atoms with Crippen molar-refractivity contribution in [1.29, 1.82) is 0 Å². The van der Waals surface area contributed by atoms with Crippen molar-refractivity contribution >= 4 is 32.9 Å². The molecule has 0 atom stereocenters. The lowest BCUT2D eigenvalue weighted by Crippen LogP contribution is -2.32. The molecule has 3 aromatic rings. The fraction of sp³-hybridized carbons (Fsp3) is 0.250. The lowest BCUT2D eigenvalue weighted by atomic mass is 10.1. The van der Waals surface area contributed by atoms with Gasteiger partial charge in [0.2, 0.25) is 5.91 Å².